The van der Waals surface area contributed by atoms with Crippen LogP contribution in [0.15, 0.2) is 0 Å². The van der Waals surface area contributed by atoms with Gasteiger partial charge in [-0.15, -0.1) is 0 Å². The second-order valence-corrected chi connectivity index (χ2v) is 2.94. The van der Waals surface area contributed by atoms with Gasteiger partial charge in [0, 0.05) is 19.7 Å². The third-order valence-electron chi connectivity index (χ3n) is 1.73. The van der Waals surface area contributed by atoms with Crippen molar-refractivity contribution >= 4 is 0 Å². The lowest BCUT2D eigenvalue weighted by atomic mass is 10.3. The summed E-state index contributed by atoms with van der Waals surface area (Å²) in [7, 11) is 0. The van der Waals surface area contributed by atoms with Crippen LogP contribution in [0.25, 0.3) is 0 Å². The van der Waals surface area contributed by atoms with E-state index >= 15 is 0 Å². The van der Waals surface area contributed by atoms with Crippen molar-refractivity contribution < 1.29 is 9.84 Å². The van der Waals surface area contributed by atoms with E-state index in [9.17, 15) is 0 Å². The zero-order valence-corrected chi connectivity index (χ0v) is 8.42. The van der Waals surface area contributed by atoms with E-state index in [0.717, 1.165) is 32.8 Å². The van der Waals surface area contributed by atoms with Crippen LogP contribution in [0.4, 0.5) is 0 Å². The van der Waals surface area contributed by atoms with Gasteiger partial charge < -0.3 is 9.84 Å². The van der Waals surface area contributed by atoms with Crippen LogP contribution in [0.2, 0.25) is 0 Å². The number of aliphatic hydroxyl groups excluding tert-OH is 1. The number of hydrogen-bond acceptors (Lipinski definition) is 3. The predicted octanol–water partition coefficient (Wildman–Crippen LogP) is 0.726. The molecule has 0 fully saturated rings. The van der Waals surface area contributed by atoms with Gasteiger partial charge in [-0.2, -0.15) is 0 Å². The largest absolute Gasteiger partial charge is 0.392 e. The topological polar surface area (TPSA) is 32.7 Å². The van der Waals surface area contributed by atoms with Gasteiger partial charge in [0.1, 0.15) is 0 Å². The Labute approximate surface area is 75.3 Å². The maximum atomic E-state index is 9.13. The standard InChI is InChI=1S/C9H21NO2/c1-4-10(8-9(3)11)6-7-12-5-2/h9,11H,4-8H2,1-3H3/t9-/m0/s1. The molecule has 0 aromatic carbocycles. The van der Waals surface area contributed by atoms with Gasteiger partial charge in [0.15, 0.2) is 0 Å². The second-order valence-electron chi connectivity index (χ2n) is 2.94. The summed E-state index contributed by atoms with van der Waals surface area (Å²) >= 11 is 0. The SMILES string of the molecule is CCOCCN(CC)C[C@H](C)O. The number of likely N-dealkylation sites (N-methyl/N-ethyl adjacent to an activating group) is 1. The van der Waals surface area contributed by atoms with Crippen molar-refractivity contribution in [1.82, 2.24) is 4.90 Å². The summed E-state index contributed by atoms with van der Waals surface area (Å²) in [4.78, 5) is 2.18. The first-order valence-electron chi connectivity index (χ1n) is 4.68. The van der Waals surface area contributed by atoms with E-state index in [1.54, 1.807) is 0 Å². The van der Waals surface area contributed by atoms with E-state index in [-0.39, 0.29) is 6.10 Å². The van der Waals surface area contributed by atoms with Crippen molar-refractivity contribution in [2.24, 2.45) is 0 Å². The molecule has 3 heteroatoms. The number of rotatable bonds is 7. The highest BCUT2D eigenvalue weighted by Crippen LogP contribution is 1.91. The van der Waals surface area contributed by atoms with Gasteiger partial charge in [-0.25, -0.2) is 0 Å². The van der Waals surface area contributed by atoms with Crippen LogP contribution in [0, 0.1) is 0 Å². The molecular formula is C9H21NO2. The quantitative estimate of drug-likeness (QED) is 0.579. The van der Waals surface area contributed by atoms with Crippen molar-refractivity contribution in [3.05, 3.63) is 0 Å². The Balaban J connectivity index is 3.39. The molecule has 0 saturated heterocycles. The van der Waals surface area contributed by atoms with Crippen molar-refractivity contribution in [1.29, 1.82) is 0 Å². The zero-order valence-electron chi connectivity index (χ0n) is 8.42. The molecule has 0 radical (unpaired) electrons. The molecule has 0 aliphatic rings. The molecule has 0 spiro atoms. The highest BCUT2D eigenvalue weighted by Gasteiger charge is 2.04. The number of aliphatic hydroxyl groups is 1. The molecule has 3 nitrogen and oxygen atoms in total. The number of hydrogen-bond donors (Lipinski definition) is 1. The normalized spacial score (nSPS) is 13.8. The van der Waals surface area contributed by atoms with Crippen LogP contribution in [0.1, 0.15) is 20.8 Å². The van der Waals surface area contributed by atoms with Crippen LogP contribution in [-0.4, -0.2) is 49.0 Å². The molecule has 74 valence electrons. The lowest BCUT2D eigenvalue weighted by Crippen LogP contribution is -2.33. The molecule has 0 heterocycles. The maximum Gasteiger partial charge on any atom is 0.0639 e. The molecule has 1 atom stereocenters. The third kappa shape index (κ3) is 6.58. The van der Waals surface area contributed by atoms with E-state index in [1.807, 2.05) is 13.8 Å². The summed E-state index contributed by atoms with van der Waals surface area (Å²) < 4.78 is 5.22. The number of nitrogens with zero attached hydrogens (tertiary/aromatic N) is 1. The Morgan fingerprint density at radius 2 is 2.08 bits per heavy atom. The third-order valence-corrected chi connectivity index (χ3v) is 1.73. The fraction of sp³-hybridized carbons (Fsp3) is 1.00. The molecule has 12 heavy (non-hydrogen) atoms. The van der Waals surface area contributed by atoms with Crippen LogP contribution in [0.5, 0.6) is 0 Å². The summed E-state index contributed by atoms with van der Waals surface area (Å²) in [5.41, 5.74) is 0. The van der Waals surface area contributed by atoms with E-state index in [2.05, 4.69) is 11.8 Å². The summed E-state index contributed by atoms with van der Waals surface area (Å²) in [6.45, 7) is 10.0. The predicted molar refractivity (Wildman–Crippen MR) is 50.3 cm³/mol. The Hall–Kier alpha value is -0.120. The average Bonchev–Trinajstić information content (AvgIpc) is 2.02. The molecule has 0 saturated carbocycles. The van der Waals surface area contributed by atoms with E-state index in [1.165, 1.54) is 0 Å². The monoisotopic (exact) mass is 175 g/mol. The summed E-state index contributed by atoms with van der Waals surface area (Å²) in [6.07, 6.45) is -0.244. The highest BCUT2D eigenvalue weighted by atomic mass is 16.5. The van der Waals surface area contributed by atoms with Crippen molar-refractivity contribution in [3.63, 3.8) is 0 Å². The van der Waals surface area contributed by atoms with E-state index in [4.69, 9.17) is 9.84 Å². The Bertz CT molecular complexity index is 96.5. The molecule has 1 N–H and O–H groups in total. The molecule has 0 aromatic rings. The lowest BCUT2D eigenvalue weighted by Gasteiger charge is -2.21. The lowest BCUT2D eigenvalue weighted by molar-refractivity contribution is 0.0859. The molecular weight excluding hydrogens is 154 g/mol. The molecule has 0 aliphatic carbocycles. The summed E-state index contributed by atoms with van der Waals surface area (Å²) in [5, 5.41) is 9.13. The van der Waals surface area contributed by atoms with Crippen molar-refractivity contribution in [2.45, 2.75) is 26.9 Å². The van der Waals surface area contributed by atoms with Crippen LogP contribution in [-0.2, 0) is 4.74 Å². The van der Waals surface area contributed by atoms with Gasteiger partial charge in [-0.05, 0) is 20.4 Å². The molecule has 0 unspecified atom stereocenters. The molecule has 0 bridgehead atoms. The number of ether oxygens (including phenoxy) is 1. The minimum Gasteiger partial charge on any atom is -0.392 e. The first-order chi connectivity index (χ1) is 5.70. The van der Waals surface area contributed by atoms with E-state index < -0.39 is 0 Å². The highest BCUT2D eigenvalue weighted by molar-refractivity contribution is 4.58. The van der Waals surface area contributed by atoms with Gasteiger partial charge in [0.05, 0.1) is 12.7 Å². The molecule has 0 rings (SSSR count). The zero-order chi connectivity index (χ0) is 9.40. The smallest absolute Gasteiger partial charge is 0.0639 e. The Morgan fingerprint density at radius 1 is 1.42 bits per heavy atom. The first-order valence-corrected chi connectivity index (χ1v) is 4.68. The van der Waals surface area contributed by atoms with Crippen molar-refractivity contribution in [3.8, 4) is 0 Å². The molecule has 0 amide bonds. The van der Waals surface area contributed by atoms with Crippen LogP contribution in [0.3, 0.4) is 0 Å². The van der Waals surface area contributed by atoms with Crippen LogP contribution < -0.4 is 0 Å². The van der Waals surface area contributed by atoms with Gasteiger partial charge in [0.25, 0.3) is 0 Å². The van der Waals surface area contributed by atoms with Crippen molar-refractivity contribution in [2.75, 3.05) is 32.8 Å². The fourth-order valence-corrected chi connectivity index (χ4v) is 1.09. The minimum absolute atomic E-state index is 0.244. The van der Waals surface area contributed by atoms with Gasteiger partial charge in [-0.1, -0.05) is 6.92 Å². The van der Waals surface area contributed by atoms with Gasteiger partial charge in [0.2, 0.25) is 0 Å². The first kappa shape index (κ1) is 11.9. The minimum atomic E-state index is -0.244. The average molecular weight is 175 g/mol. The molecule has 0 aliphatic heterocycles. The van der Waals surface area contributed by atoms with E-state index in [0.29, 0.717) is 0 Å². The fourth-order valence-electron chi connectivity index (χ4n) is 1.09. The Morgan fingerprint density at radius 3 is 2.50 bits per heavy atom. The molecule has 0 aromatic heterocycles. The summed E-state index contributed by atoms with van der Waals surface area (Å²) in [6, 6.07) is 0. The van der Waals surface area contributed by atoms with Gasteiger partial charge in [-0.3, -0.25) is 4.90 Å². The van der Waals surface area contributed by atoms with Gasteiger partial charge >= 0.3 is 0 Å². The Kier molecular flexibility index (Phi) is 7.45. The van der Waals surface area contributed by atoms with Crippen LogP contribution >= 0.6 is 0 Å². The summed E-state index contributed by atoms with van der Waals surface area (Å²) in [5.74, 6) is 0. The maximum absolute atomic E-state index is 9.13. The second kappa shape index (κ2) is 7.53.